The van der Waals surface area contributed by atoms with Gasteiger partial charge in [0.05, 0.1) is 0 Å². The number of hydrogen-bond donors (Lipinski definition) is 0. The van der Waals surface area contributed by atoms with Crippen LogP contribution < -0.4 is 5.43 Å². The topological polar surface area (TPSA) is 17.1 Å². The summed E-state index contributed by atoms with van der Waals surface area (Å²) in [7, 11) is 0. The summed E-state index contributed by atoms with van der Waals surface area (Å²) in [6, 6.07) is 13.8. The highest BCUT2D eigenvalue weighted by molar-refractivity contribution is 7.24. The van der Waals surface area contributed by atoms with E-state index in [0.717, 1.165) is 25.7 Å². The van der Waals surface area contributed by atoms with E-state index in [2.05, 4.69) is 17.9 Å². The van der Waals surface area contributed by atoms with Crippen LogP contribution in [0.1, 0.15) is 12.5 Å². The van der Waals surface area contributed by atoms with Gasteiger partial charge in [0, 0.05) is 26.6 Å². The zero-order valence-electron chi connectivity index (χ0n) is 10.6. The lowest BCUT2D eigenvalue weighted by Gasteiger charge is -2.02. The largest absolute Gasteiger partial charge is 0.289 e. The minimum absolute atomic E-state index is 0.121. The lowest BCUT2D eigenvalue weighted by Crippen LogP contribution is -2.01. The predicted octanol–water partition coefficient (Wildman–Crippen LogP) is 3.98. The number of hydrogen-bond acceptors (Lipinski definition) is 2. The average molecular weight is 264 g/mol. The molecule has 1 nitrogen and oxygen atoms in total. The van der Waals surface area contributed by atoms with Crippen molar-refractivity contribution in [2.45, 2.75) is 13.3 Å². The molecule has 3 rings (SSSR count). The fraction of sp³-hybridized carbons (Fsp3) is 0.118. The first-order chi connectivity index (χ1) is 9.29. The second-order valence-electron chi connectivity index (χ2n) is 4.36. The first kappa shape index (κ1) is 12.0. The molecule has 92 valence electrons. The van der Waals surface area contributed by atoms with E-state index in [1.165, 1.54) is 0 Å². The van der Waals surface area contributed by atoms with E-state index < -0.39 is 0 Å². The summed E-state index contributed by atoms with van der Waals surface area (Å²) in [6.07, 6.45) is 0.698. The highest BCUT2D eigenvalue weighted by Crippen LogP contribution is 2.25. The molecule has 0 bridgehead atoms. The van der Waals surface area contributed by atoms with Crippen molar-refractivity contribution in [3.05, 3.63) is 58.3 Å². The van der Waals surface area contributed by atoms with Gasteiger partial charge in [-0.05, 0) is 36.8 Å². The monoisotopic (exact) mass is 264 g/mol. The Morgan fingerprint density at radius 1 is 1.05 bits per heavy atom. The van der Waals surface area contributed by atoms with Crippen LogP contribution in [0.25, 0.3) is 20.2 Å². The Kier molecular flexibility index (Phi) is 3.06. The molecule has 0 aliphatic rings. The molecule has 2 aromatic carbocycles. The summed E-state index contributed by atoms with van der Waals surface area (Å²) in [4.78, 5) is 12.5. The van der Waals surface area contributed by atoms with E-state index in [4.69, 9.17) is 0 Å². The molecule has 0 N–H and O–H groups in total. The van der Waals surface area contributed by atoms with Gasteiger partial charge in [-0.2, -0.15) is 0 Å². The fourth-order valence-corrected chi connectivity index (χ4v) is 3.20. The lowest BCUT2D eigenvalue weighted by atomic mass is 10.1. The maximum atomic E-state index is 12.5. The van der Waals surface area contributed by atoms with Crippen LogP contribution in [0.15, 0.2) is 47.3 Å². The van der Waals surface area contributed by atoms with Crippen molar-refractivity contribution >= 4 is 31.5 Å². The van der Waals surface area contributed by atoms with E-state index in [9.17, 15) is 4.79 Å². The van der Waals surface area contributed by atoms with Crippen LogP contribution in [0, 0.1) is 11.8 Å². The van der Waals surface area contributed by atoms with Gasteiger partial charge in [0.25, 0.3) is 0 Å². The third kappa shape index (κ3) is 2.14. The first-order valence-corrected chi connectivity index (χ1v) is 6.95. The Morgan fingerprint density at radius 3 is 2.68 bits per heavy atom. The summed E-state index contributed by atoms with van der Waals surface area (Å²) in [6.45, 7) is 1.83. The van der Waals surface area contributed by atoms with Gasteiger partial charge >= 0.3 is 0 Å². The van der Waals surface area contributed by atoms with Gasteiger partial charge in [0.1, 0.15) is 0 Å². The SMILES string of the molecule is CC#CCc1ccc2sc3ccccc3c(=O)c2c1. The maximum absolute atomic E-state index is 12.5. The Hall–Kier alpha value is -2.11. The molecular weight excluding hydrogens is 252 g/mol. The quantitative estimate of drug-likeness (QED) is 0.480. The van der Waals surface area contributed by atoms with Gasteiger partial charge < -0.3 is 0 Å². The van der Waals surface area contributed by atoms with Crippen molar-refractivity contribution in [2.24, 2.45) is 0 Å². The molecule has 0 unspecified atom stereocenters. The Bertz CT molecular complexity index is 878. The Balaban J connectivity index is 2.32. The summed E-state index contributed by atoms with van der Waals surface area (Å²) >= 11 is 1.66. The van der Waals surface area contributed by atoms with Crippen LogP contribution in [-0.2, 0) is 6.42 Å². The van der Waals surface area contributed by atoms with Crippen LogP contribution in [0.5, 0.6) is 0 Å². The van der Waals surface area contributed by atoms with Crippen LogP contribution in [0.2, 0.25) is 0 Å². The molecule has 3 aromatic rings. The van der Waals surface area contributed by atoms with Gasteiger partial charge in [-0.1, -0.05) is 24.1 Å². The van der Waals surface area contributed by atoms with Gasteiger partial charge in [-0.25, -0.2) is 0 Å². The summed E-state index contributed by atoms with van der Waals surface area (Å²) in [5.74, 6) is 5.92. The number of benzene rings is 2. The summed E-state index contributed by atoms with van der Waals surface area (Å²) in [5.41, 5.74) is 1.22. The summed E-state index contributed by atoms with van der Waals surface area (Å²) < 4.78 is 2.08. The molecule has 0 amide bonds. The molecule has 0 spiro atoms. The molecule has 0 atom stereocenters. The molecule has 1 aromatic heterocycles. The molecule has 0 saturated carbocycles. The van der Waals surface area contributed by atoms with Gasteiger partial charge in [0.2, 0.25) is 0 Å². The maximum Gasteiger partial charge on any atom is 0.195 e. The molecular formula is C17H12OS. The molecule has 19 heavy (non-hydrogen) atoms. The molecule has 0 aliphatic carbocycles. The van der Waals surface area contributed by atoms with Crippen LogP contribution in [-0.4, -0.2) is 0 Å². The Labute approximate surface area is 115 Å². The molecule has 0 aliphatic heterocycles. The highest BCUT2D eigenvalue weighted by Gasteiger charge is 2.05. The number of fused-ring (bicyclic) bond motifs is 2. The third-order valence-electron chi connectivity index (χ3n) is 3.11. The van der Waals surface area contributed by atoms with E-state index in [-0.39, 0.29) is 5.43 Å². The molecule has 0 radical (unpaired) electrons. The summed E-state index contributed by atoms with van der Waals surface area (Å²) in [5, 5.41) is 1.61. The van der Waals surface area contributed by atoms with Crippen LogP contribution >= 0.6 is 11.3 Å². The van der Waals surface area contributed by atoms with Gasteiger partial charge in [-0.3, -0.25) is 4.79 Å². The van der Waals surface area contributed by atoms with Crippen molar-refractivity contribution < 1.29 is 0 Å². The second-order valence-corrected chi connectivity index (χ2v) is 5.45. The van der Waals surface area contributed by atoms with E-state index in [1.54, 1.807) is 11.3 Å². The van der Waals surface area contributed by atoms with Crippen molar-refractivity contribution in [1.29, 1.82) is 0 Å². The van der Waals surface area contributed by atoms with E-state index in [1.807, 2.05) is 43.3 Å². The van der Waals surface area contributed by atoms with E-state index in [0.29, 0.717) is 6.42 Å². The van der Waals surface area contributed by atoms with Crippen molar-refractivity contribution in [3.8, 4) is 11.8 Å². The smallest absolute Gasteiger partial charge is 0.195 e. The normalized spacial score (nSPS) is 10.4. The zero-order chi connectivity index (χ0) is 13.2. The lowest BCUT2D eigenvalue weighted by molar-refractivity contribution is 1.33. The van der Waals surface area contributed by atoms with Crippen molar-refractivity contribution in [1.82, 2.24) is 0 Å². The molecule has 0 saturated heterocycles. The van der Waals surface area contributed by atoms with Gasteiger partial charge in [-0.15, -0.1) is 17.3 Å². The fourth-order valence-electron chi connectivity index (χ4n) is 2.15. The standard InChI is InChI=1S/C17H12OS/c1-2-3-6-12-9-10-16-14(11-12)17(18)13-7-4-5-8-15(13)19-16/h4-5,7-11H,6H2,1H3. The average Bonchev–Trinajstić information content (AvgIpc) is 2.46. The predicted molar refractivity (Wildman–Crippen MR) is 82.8 cm³/mol. The molecule has 2 heteroatoms. The minimum Gasteiger partial charge on any atom is -0.289 e. The minimum atomic E-state index is 0.121. The highest BCUT2D eigenvalue weighted by atomic mass is 32.1. The van der Waals surface area contributed by atoms with Crippen molar-refractivity contribution in [2.75, 3.05) is 0 Å². The molecule has 0 fully saturated rings. The van der Waals surface area contributed by atoms with Crippen LogP contribution in [0.3, 0.4) is 0 Å². The second kappa shape index (κ2) is 4.87. The molecule has 1 heterocycles. The zero-order valence-corrected chi connectivity index (χ0v) is 11.4. The Morgan fingerprint density at radius 2 is 1.84 bits per heavy atom. The first-order valence-electron chi connectivity index (χ1n) is 6.13. The van der Waals surface area contributed by atoms with E-state index >= 15 is 0 Å². The van der Waals surface area contributed by atoms with Crippen molar-refractivity contribution in [3.63, 3.8) is 0 Å². The van der Waals surface area contributed by atoms with Crippen LogP contribution in [0.4, 0.5) is 0 Å². The number of rotatable bonds is 1. The van der Waals surface area contributed by atoms with Gasteiger partial charge in [0.15, 0.2) is 5.43 Å². The third-order valence-corrected chi connectivity index (χ3v) is 4.26.